The molecule has 1 heterocycles. The molecule has 3 N–H and O–H groups in total. The number of hydrazine groups is 1. The summed E-state index contributed by atoms with van der Waals surface area (Å²) in [5.74, 6) is 6.12. The van der Waals surface area contributed by atoms with Gasteiger partial charge < -0.3 is 14.9 Å². The van der Waals surface area contributed by atoms with Crippen LogP contribution in [-0.2, 0) is 16.1 Å². The van der Waals surface area contributed by atoms with Crippen LogP contribution >= 0.6 is 0 Å². The highest BCUT2D eigenvalue weighted by Crippen LogP contribution is 2.20. The number of nitrogens with one attached hydrogen (secondary N) is 1. The first-order valence-electron chi connectivity index (χ1n) is 5.77. The van der Waals surface area contributed by atoms with Crippen LogP contribution in [-0.4, -0.2) is 25.3 Å². The van der Waals surface area contributed by atoms with Crippen molar-refractivity contribution < 1.29 is 9.47 Å². The number of benzene rings is 1. The number of methoxy groups -OCH3 is 1. The average Bonchev–Trinajstić information content (AvgIpc) is 2.42. The summed E-state index contributed by atoms with van der Waals surface area (Å²) in [7, 11) is 1.65. The molecule has 0 spiro atoms. The Morgan fingerprint density at radius 2 is 2.11 bits per heavy atom. The number of nitrogens with two attached hydrogens (primary N) is 1. The molecule has 1 aromatic carbocycles. The van der Waals surface area contributed by atoms with Crippen molar-refractivity contribution in [1.29, 1.82) is 0 Å². The van der Waals surface area contributed by atoms with Gasteiger partial charge in [-0.1, -0.05) is 18.2 Å². The number of pyridine rings is 1. The first-order chi connectivity index (χ1) is 8.85. The second-order valence-corrected chi connectivity index (χ2v) is 3.88. The number of rotatable bonds is 6. The minimum absolute atomic E-state index is 0.459. The van der Waals surface area contributed by atoms with Crippen molar-refractivity contribution in [3.63, 3.8) is 0 Å². The third-order valence-electron chi connectivity index (χ3n) is 2.63. The van der Waals surface area contributed by atoms with Crippen LogP contribution < -0.4 is 11.3 Å². The molecule has 0 saturated heterocycles. The fourth-order valence-corrected chi connectivity index (χ4v) is 1.72. The smallest absolute Gasteiger partial charge is 0.146 e. The van der Waals surface area contributed by atoms with Crippen LogP contribution in [0.25, 0.3) is 10.9 Å². The molecule has 0 unspecified atom stereocenters. The Balaban J connectivity index is 2.19. The SMILES string of the molecule is COCCOCc1cc2ccccc2nc1NN. The fourth-order valence-electron chi connectivity index (χ4n) is 1.72. The lowest BCUT2D eigenvalue weighted by Gasteiger charge is -2.10. The number of para-hydroxylation sites is 1. The molecule has 0 fully saturated rings. The Bertz CT molecular complexity index is 517. The van der Waals surface area contributed by atoms with Gasteiger partial charge in [-0.05, 0) is 12.1 Å². The van der Waals surface area contributed by atoms with E-state index in [1.165, 1.54) is 0 Å². The maximum absolute atomic E-state index is 5.49. The van der Waals surface area contributed by atoms with Crippen molar-refractivity contribution in [1.82, 2.24) is 4.98 Å². The van der Waals surface area contributed by atoms with Crippen LogP contribution in [0.5, 0.6) is 0 Å². The van der Waals surface area contributed by atoms with Crippen LogP contribution in [0.2, 0.25) is 0 Å². The number of fused-ring (bicyclic) bond motifs is 1. The predicted octanol–water partition coefficient (Wildman–Crippen LogP) is 1.68. The molecule has 0 aliphatic carbocycles. The first kappa shape index (κ1) is 12.8. The minimum atomic E-state index is 0.459. The van der Waals surface area contributed by atoms with E-state index in [0.29, 0.717) is 25.6 Å². The molecule has 0 aliphatic rings. The predicted molar refractivity (Wildman–Crippen MR) is 71.1 cm³/mol. The molecule has 0 aliphatic heterocycles. The van der Waals surface area contributed by atoms with E-state index in [0.717, 1.165) is 16.5 Å². The van der Waals surface area contributed by atoms with E-state index in [4.69, 9.17) is 15.3 Å². The second kappa shape index (κ2) is 6.30. The van der Waals surface area contributed by atoms with Crippen molar-refractivity contribution in [3.8, 4) is 0 Å². The summed E-state index contributed by atoms with van der Waals surface area (Å²) in [5.41, 5.74) is 4.45. The Hall–Kier alpha value is -1.69. The van der Waals surface area contributed by atoms with Crippen molar-refractivity contribution in [3.05, 3.63) is 35.9 Å². The summed E-state index contributed by atoms with van der Waals surface area (Å²) in [6, 6.07) is 9.93. The van der Waals surface area contributed by atoms with Crippen LogP contribution in [0.4, 0.5) is 5.82 Å². The Labute approximate surface area is 106 Å². The van der Waals surface area contributed by atoms with Crippen LogP contribution in [0, 0.1) is 0 Å². The molecular formula is C13H17N3O2. The molecule has 0 saturated carbocycles. The standard InChI is InChI=1S/C13H17N3O2/c1-17-6-7-18-9-11-8-10-4-2-3-5-12(10)15-13(11)16-14/h2-5,8H,6-7,9,14H2,1H3,(H,15,16). The van der Waals surface area contributed by atoms with E-state index in [1.807, 2.05) is 30.3 Å². The number of ether oxygens (including phenoxy) is 2. The molecule has 2 aromatic rings. The zero-order valence-corrected chi connectivity index (χ0v) is 10.3. The molecule has 0 atom stereocenters. The highest BCUT2D eigenvalue weighted by Gasteiger charge is 2.05. The maximum Gasteiger partial charge on any atom is 0.146 e. The van der Waals surface area contributed by atoms with Crippen molar-refractivity contribution in [2.75, 3.05) is 25.7 Å². The average molecular weight is 247 g/mol. The fraction of sp³-hybridized carbons (Fsp3) is 0.308. The molecular weight excluding hydrogens is 230 g/mol. The molecule has 0 bridgehead atoms. The number of nitrogen functional groups attached to an aromatic ring is 1. The lowest BCUT2D eigenvalue weighted by Crippen LogP contribution is -2.12. The van der Waals surface area contributed by atoms with Crippen LogP contribution in [0.15, 0.2) is 30.3 Å². The van der Waals surface area contributed by atoms with Gasteiger partial charge in [0.1, 0.15) is 5.82 Å². The molecule has 5 heteroatoms. The Morgan fingerprint density at radius 3 is 2.89 bits per heavy atom. The highest BCUT2D eigenvalue weighted by atomic mass is 16.5. The second-order valence-electron chi connectivity index (χ2n) is 3.88. The number of hydrogen-bond donors (Lipinski definition) is 2. The Kier molecular flexibility index (Phi) is 4.46. The lowest BCUT2D eigenvalue weighted by atomic mass is 10.1. The quantitative estimate of drug-likeness (QED) is 0.462. The molecule has 18 heavy (non-hydrogen) atoms. The molecule has 96 valence electrons. The summed E-state index contributed by atoms with van der Waals surface area (Å²) in [4.78, 5) is 4.45. The number of anilines is 1. The van der Waals surface area contributed by atoms with Crippen molar-refractivity contribution >= 4 is 16.7 Å². The van der Waals surface area contributed by atoms with Gasteiger partial charge in [-0.3, -0.25) is 0 Å². The monoisotopic (exact) mass is 247 g/mol. The topological polar surface area (TPSA) is 69.4 Å². The van der Waals surface area contributed by atoms with Gasteiger partial charge in [0.05, 0.1) is 25.3 Å². The van der Waals surface area contributed by atoms with Gasteiger partial charge in [-0.15, -0.1) is 0 Å². The number of aromatic nitrogens is 1. The summed E-state index contributed by atoms with van der Waals surface area (Å²) < 4.78 is 10.4. The minimum Gasteiger partial charge on any atom is -0.382 e. The van der Waals surface area contributed by atoms with Gasteiger partial charge in [0, 0.05) is 18.1 Å². The van der Waals surface area contributed by atoms with Gasteiger partial charge in [-0.25, -0.2) is 10.8 Å². The zero-order valence-electron chi connectivity index (χ0n) is 10.3. The Morgan fingerprint density at radius 1 is 1.28 bits per heavy atom. The molecule has 1 aromatic heterocycles. The molecule has 5 nitrogen and oxygen atoms in total. The maximum atomic E-state index is 5.49. The van der Waals surface area contributed by atoms with Crippen molar-refractivity contribution in [2.24, 2.45) is 5.84 Å². The highest BCUT2D eigenvalue weighted by molar-refractivity contribution is 5.81. The van der Waals surface area contributed by atoms with Crippen LogP contribution in [0.3, 0.4) is 0 Å². The van der Waals surface area contributed by atoms with Gasteiger partial charge in [0.15, 0.2) is 0 Å². The van der Waals surface area contributed by atoms with E-state index in [9.17, 15) is 0 Å². The molecule has 0 radical (unpaired) electrons. The summed E-state index contributed by atoms with van der Waals surface area (Å²) in [6.07, 6.45) is 0. The van der Waals surface area contributed by atoms with Gasteiger partial charge >= 0.3 is 0 Å². The zero-order chi connectivity index (χ0) is 12.8. The van der Waals surface area contributed by atoms with E-state index >= 15 is 0 Å². The van der Waals surface area contributed by atoms with Gasteiger partial charge in [-0.2, -0.15) is 0 Å². The molecule has 0 amide bonds. The number of hydrogen-bond acceptors (Lipinski definition) is 5. The number of nitrogens with zero attached hydrogens (tertiary/aromatic N) is 1. The molecule has 2 rings (SSSR count). The van der Waals surface area contributed by atoms with Gasteiger partial charge in [0.25, 0.3) is 0 Å². The van der Waals surface area contributed by atoms with Crippen molar-refractivity contribution in [2.45, 2.75) is 6.61 Å². The third-order valence-corrected chi connectivity index (χ3v) is 2.63. The van der Waals surface area contributed by atoms with E-state index < -0.39 is 0 Å². The third kappa shape index (κ3) is 2.95. The lowest BCUT2D eigenvalue weighted by molar-refractivity contribution is 0.0618. The summed E-state index contributed by atoms with van der Waals surface area (Å²) in [6.45, 7) is 1.58. The van der Waals surface area contributed by atoms with E-state index in [2.05, 4.69) is 10.4 Å². The first-order valence-corrected chi connectivity index (χ1v) is 5.77. The summed E-state index contributed by atoms with van der Waals surface area (Å²) in [5, 5.41) is 1.07. The van der Waals surface area contributed by atoms with E-state index in [-0.39, 0.29) is 0 Å². The van der Waals surface area contributed by atoms with E-state index in [1.54, 1.807) is 7.11 Å². The summed E-state index contributed by atoms with van der Waals surface area (Å²) >= 11 is 0. The normalized spacial score (nSPS) is 10.8. The van der Waals surface area contributed by atoms with Gasteiger partial charge in [0.2, 0.25) is 0 Å². The largest absolute Gasteiger partial charge is 0.382 e. The van der Waals surface area contributed by atoms with Crippen LogP contribution in [0.1, 0.15) is 5.56 Å².